The summed E-state index contributed by atoms with van der Waals surface area (Å²) in [6.07, 6.45) is 7.05. The number of hydrogen-bond acceptors (Lipinski definition) is 2. The molecule has 0 spiro atoms. The number of benzene rings is 1. The van der Waals surface area contributed by atoms with E-state index in [1.165, 1.54) is 35.1 Å². The number of nitrogens with one attached hydrogen (secondary N) is 1. The van der Waals surface area contributed by atoms with Crippen molar-refractivity contribution in [3.63, 3.8) is 0 Å². The van der Waals surface area contributed by atoms with E-state index in [-0.39, 0.29) is 0 Å². The van der Waals surface area contributed by atoms with Gasteiger partial charge in [0, 0.05) is 18.3 Å². The number of anilines is 1. The Labute approximate surface area is 121 Å². The summed E-state index contributed by atoms with van der Waals surface area (Å²) in [5.74, 6) is 0. The standard InChI is InChI=1S/C18H24N2/c1-12-3-4-14(7-13(12)2)11-20-18-9-15-5-6-17(19)8-16(15)10-18/h5-8,18,20H,3-4,9-11,19H2,1-2H3. The summed E-state index contributed by atoms with van der Waals surface area (Å²) in [7, 11) is 0. The normalized spacial score (nSPS) is 21.9. The van der Waals surface area contributed by atoms with Crippen molar-refractivity contribution in [2.24, 2.45) is 0 Å². The van der Waals surface area contributed by atoms with E-state index in [1.807, 2.05) is 6.07 Å². The van der Waals surface area contributed by atoms with Crippen molar-refractivity contribution in [3.8, 4) is 0 Å². The van der Waals surface area contributed by atoms with Crippen LogP contribution in [0.25, 0.3) is 0 Å². The molecule has 1 aromatic rings. The molecule has 0 amide bonds. The van der Waals surface area contributed by atoms with E-state index >= 15 is 0 Å². The molecular formula is C18H24N2. The Morgan fingerprint density at radius 1 is 1.15 bits per heavy atom. The van der Waals surface area contributed by atoms with Crippen LogP contribution in [0.3, 0.4) is 0 Å². The Balaban J connectivity index is 1.58. The third-order valence-electron chi connectivity index (χ3n) is 4.70. The first kappa shape index (κ1) is 13.4. The van der Waals surface area contributed by atoms with Crippen LogP contribution in [0.4, 0.5) is 5.69 Å². The van der Waals surface area contributed by atoms with Gasteiger partial charge in [0.1, 0.15) is 0 Å². The monoisotopic (exact) mass is 268 g/mol. The van der Waals surface area contributed by atoms with Crippen molar-refractivity contribution in [3.05, 3.63) is 52.1 Å². The third-order valence-corrected chi connectivity index (χ3v) is 4.70. The van der Waals surface area contributed by atoms with E-state index in [0.717, 1.165) is 25.1 Å². The van der Waals surface area contributed by atoms with Crippen LogP contribution < -0.4 is 11.1 Å². The predicted molar refractivity (Wildman–Crippen MR) is 85.7 cm³/mol. The molecule has 2 nitrogen and oxygen atoms in total. The van der Waals surface area contributed by atoms with E-state index in [2.05, 4.69) is 37.4 Å². The highest BCUT2D eigenvalue weighted by atomic mass is 14.9. The minimum Gasteiger partial charge on any atom is -0.399 e. The number of nitrogen functional groups attached to an aromatic ring is 1. The summed E-state index contributed by atoms with van der Waals surface area (Å²) >= 11 is 0. The minimum absolute atomic E-state index is 0.569. The molecular weight excluding hydrogens is 244 g/mol. The van der Waals surface area contributed by atoms with Gasteiger partial charge in [0.25, 0.3) is 0 Å². The number of rotatable bonds is 3. The summed E-state index contributed by atoms with van der Waals surface area (Å²) in [4.78, 5) is 0. The van der Waals surface area contributed by atoms with Crippen LogP contribution in [0.5, 0.6) is 0 Å². The Morgan fingerprint density at radius 2 is 1.95 bits per heavy atom. The first-order chi connectivity index (χ1) is 9.61. The van der Waals surface area contributed by atoms with Gasteiger partial charge in [-0.1, -0.05) is 28.9 Å². The molecule has 2 heteroatoms. The molecule has 2 aliphatic rings. The van der Waals surface area contributed by atoms with Crippen molar-refractivity contribution < 1.29 is 0 Å². The smallest absolute Gasteiger partial charge is 0.0316 e. The van der Waals surface area contributed by atoms with Gasteiger partial charge in [0.2, 0.25) is 0 Å². The second kappa shape index (κ2) is 5.45. The molecule has 0 radical (unpaired) electrons. The molecule has 20 heavy (non-hydrogen) atoms. The summed E-state index contributed by atoms with van der Waals surface area (Å²) in [6, 6.07) is 6.90. The topological polar surface area (TPSA) is 38.0 Å². The lowest BCUT2D eigenvalue weighted by Crippen LogP contribution is -2.31. The molecule has 0 saturated carbocycles. The zero-order valence-electron chi connectivity index (χ0n) is 12.5. The van der Waals surface area contributed by atoms with Gasteiger partial charge in [-0.2, -0.15) is 0 Å². The Kier molecular flexibility index (Phi) is 3.66. The van der Waals surface area contributed by atoms with E-state index in [9.17, 15) is 0 Å². The molecule has 1 aromatic carbocycles. The van der Waals surface area contributed by atoms with E-state index in [4.69, 9.17) is 5.73 Å². The van der Waals surface area contributed by atoms with Crippen LogP contribution in [-0.2, 0) is 12.8 Å². The molecule has 1 atom stereocenters. The van der Waals surface area contributed by atoms with Gasteiger partial charge in [-0.25, -0.2) is 0 Å². The van der Waals surface area contributed by atoms with E-state index < -0.39 is 0 Å². The highest BCUT2D eigenvalue weighted by Crippen LogP contribution is 2.26. The van der Waals surface area contributed by atoms with Crippen molar-refractivity contribution in [2.45, 2.75) is 45.6 Å². The van der Waals surface area contributed by atoms with Crippen molar-refractivity contribution in [1.82, 2.24) is 5.32 Å². The number of hydrogen-bond donors (Lipinski definition) is 2. The Morgan fingerprint density at radius 3 is 2.75 bits per heavy atom. The summed E-state index contributed by atoms with van der Waals surface area (Å²) in [5.41, 5.74) is 14.2. The lowest BCUT2D eigenvalue weighted by molar-refractivity contribution is 0.552. The van der Waals surface area contributed by atoms with Gasteiger partial charge in [0.05, 0.1) is 0 Å². The fourth-order valence-corrected chi connectivity index (χ4v) is 3.24. The maximum absolute atomic E-state index is 5.86. The third kappa shape index (κ3) is 2.80. The molecule has 0 fully saturated rings. The second-order valence-corrected chi connectivity index (χ2v) is 6.28. The van der Waals surface area contributed by atoms with Gasteiger partial charge in [-0.15, -0.1) is 0 Å². The lowest BCUT2D eigenvalue weighted by Gasteiger charge is -2.18. The van der Waals surface area contributed by atoms with Gasteiger partial charge < -0.3 is 11.1 Å². The maximum Gasteiger partial charge on any atom is 0.0316 e. The fraction of sp³-hybridized carbons (Fsp3) is 0.444. The zero-order valence-corrected chi connectivity index (χ0v) is 12.5. The molecule has 0 saturated heterocycles. The molecule has 0 heterocycles. The highest BCUT2D eigenvalue weighted by molar-refractivity contribution is 5.47. The second-order valence-electron chi connectivity index (χ2n) is 6.28. The lowest BCUT2D eigenvalue weighted by atomic mass is 9.94. The van der Waals surface area contributed by atoms with Gasteiger partial charge in [-0.3, -0.25) is 0 Å². The number of nitrogens with two attached hydrogens (primary N) is 1. The Bertz CT molecular complexity index is 581. The SMILES string of the molecule is CC1=C(C)CCC(CNC2Cc3ccc(N)cc3C2)=C1. The molecule has 2 aliphatic carbocycles. The molecule has 0 aromatic heterocycles. The summed E-state index contributed by atoms with van der Waals surface area (Å²) in [5, 5.41) is 3.72. The molecule has 3 N–H and O–H groups in total. The number of fused-ring (bicyclic) bond motifs is 1. The Hall–Kier alpha value is -1.54. The van der Waals surface area contributed by atoms with Gasteiger partial charge >= 0.3 is 0 Å². The summed E-state index contributed by atoms with van der Waals surface area (Å²) in [6.45, 7) is 5.50. The van der Waals surface area contributed by atoms with E-state index in [0.29, 0.717) is 6.04 Å². The molecule has 0 bridgehead atoms. The largest absolute Gasteiger partial charge is 0.399 e. The maximum atomic E-state index is 5.86. The fourth-order valence-electron chi connectivity index (χ4n) is 3.24. The number of allylic oxidation sites excluding steroid dienone is 3. The molecule has 3 rings (SSSR count). The average molecular weight is 268 g/mol. The molecule has 1 unspecified atom stereocenters. The van der Waals surface area contributed by atoms with Crippen LogP contribution in [0.2, 0.25) is 0 Å². The molecule has 106 valence electrons. The first-order valence-electron chi connectivity index (χ1n) is 7.58. The van der Waals surface area contributed by atoms with Crippen LogP contribution >= 0.6 is 0 Å². The van der Waals surface area contributed by atoms with Gasteiger partial charge in [0.15, 0.2) is 0 Å². The van der Waals surface area contributed by atoms with Crippen LogP contribution in [0.15, 0.2) is 41.0 Å². The van der Waals surface area contributed by atoms with Crippen molar-refractivity contribution in [1.29, 1.82) is 0 Å². The quantitative estimate of drug-likeness (QED) is 0.825. The highest BCUT2D eigenvalue weighted by Gasteiger charge is 2.21. The van der Waals surface area contributed by atoms with Crippen LogP contribution in [0, 0.1) is 0 Å². The van der Waals surface area contributed by atoms with Gasteiger partial charge in [-0.05, 0) is 62.8 Å². The first-order valence-corrected chi connectivity index (χ1v) is 7.58. The summed E-state index contributed by atoms with van der Waals surface area (Å²) < 4.78 is 0. The van der Waals surface area contributed by atoms with Crippen molar-refractivity contribution >= 4 is 5.69 Å². The predicted octanol–water partition coefficient (Wildman–Crippen LogP) is 3.38. The molecule has 0 aliphatic heterocycles. The zero-order chi connectivity index (χ0) is 14.1. The van der Waals surface area contributed by atoms with Crippen LogP contribution in [-0.4, -0.2) is 12.6 Å². The average Bonchev–Trinajstić information content (AvgIpc) is 2.82. The van der Waals surface area contributed by atoms with Crippen molar-refractivity contribution in [2.75, 3.05) is 12.3 Å². The van der Waals surface area contributed by atoms with Crippen LogP contribution in [0.1, 0.15) is 37.8 Å². The van der Waals surface area contributed by atoms with E-state index in [1.54, 1.807) is 5.57 Å². The minimum atomic E-state index is 0.569.